The van der Waals surface area contributed by atoms with E-state index in [2.05, 4.69) is 17.1 Å². The van der Waals surface area contributed by atoms with Crippen molar-refractivity contribution in [1.29, 1.82) is 0 Å². The molecule has 0 aromatic heterocycles. The molecule has 98 valence electrons. The predicted octanol–water partition coefficient (Wildman–Crippen LogP) is 2.17. The molecule has 2 rings (SSSR count). The van der Waals surface area contributed by atoms with Crippen molar-refractivity contribution in [3.05, 3.63) is 0 Å². The number of hydrogen-bond donors (Lipinski definition) is 1. The van der Waals surface area contributed by atoms with E-state index in [4.69, 9.17) is 0 Å². The molecule has 1 saturated heterocycles. The van der Waals surface area contributed by atoms with Gasteiger partial charge in [-0.3, -0.25) is 4.79 Å². The second-order valence-electron chi connectivity index (χ2n) is 5.52. The molecule has 0 aromatic carbocycles. The van der Waals surface area contributed by atoms with Crippen LogP contribution in [0.3, 0.4) is 0 Å². The highest BCUT2D eigenvalue weighted by Gasteiger charge is 2.30. The van der Waals surface area contributed by atoms with Crippen molar-refractivity contribution in [3.63, 3.8) is 0 Å². The third-order valence-corrected chi connectivity index (χ3v) is 4.28. The minimum atomic E-state index is 0.103. The Morgan fingerprint density at radius 2 is 2.00 bits per heavy atom. The van der Waals surface area contributed by atoms with Crippen molar-refractivity contribution < 1.29 is 4.79 Å². The lowest BCUT2D eigenvalue weighted by Crippen LogP contribution is -2.38. The first-order valence-corrected chi connectivity index (χ1v) is 7.33. The van der Waals surface area contributed by atoms with Gasteiger partial charge in [0.2, 0.25) is 5.91 Å². The Balaban J connectivity index is 1.70. The molecule has 17 heavy (non-hydrogen) atoms. The molecule has 1 aliphatic carbocycles. The molecule has 1 heterocycles. The molecule has 1 N–H and O–H groups in total. The molecule has 0 bridgehead atoms. The molecule has 1 unspecified atom stereocenters. The van der Waals surface area contributed by atoms with Crippen LogP contribution in [0, 0.1) is 5.92 Å². The maximum absolute atomic E-state index is 12.0. The smallest absolute Gasteiger partial charge is 0.239 e. The molecular weight excluding hydrogens is 212 g/mol. The number of carbonyl (C=O) groups is 1. The van der Waals surface area contributed by atoms with Gasteiger partial charge in [-0.15, -0.1) is 0 Å². The van der Waals surface area contributed by atoms with Gasteiger partial charge < -0.3 is 10.2 Å². The van der Waals surface area contributed by atoms with Gasteiger partial charge in [-0.1, -0.05) is 39.0 Å². The first kappa shape index (κ1) is 12.9. The van der Waals surface area contributed by atoms with Crippen molar-refractivity contribution >= 4 is 5.91 Å². The summed E-state index contributed by atoms with van der Waals surface area (Å²) in [6.07, 6.45) is 9.22. The number of likely N-dealkylation sites (N-methyl/N-ethyl adjacent to an activating group) is 1. The fraction of sp³-hybridized carbons (Fsp3) is 0.929. The standard InChI is InChI=1S/C14H26N2O/c1-2-15-13-9-11-16(14(13)17)10-8-12-6-4-3-5-7-12/h12-13,15H,2-11H2,1H3. The van der Waals surface area contributed by atoms with E-state index >= 15 is 0 Å². The van der Waals surface area contributed by atoms with Crippen LogP contribution in [0.4, 0.5) is 0 Å². The summed E-state index contributed by atoms with van der Waals surface area (Å²) >= 11 is 0. The topological polar surface area (TPSA) is 32.3 Å². The molecule has 0 spiro atoms. The SMILES string of the molecule is CCNC1CCN(CCC2CCCCC2)C1=O. The van der Waals surface area contributed by atoms with Crippen LogP contribution >= 0.6 is 0 Å². The van der Waals surface area contributed by atoms with Gasteiger partial charge >= 0.3 is 0 Å². The van der Waals surface area contributed by atoms with Crippen LogP contribution in [0.15, 0.2) is 0 Å². The fourth-order valence-electron chi connectivity index (χ4n) is 3.21. The monoisotopic (exact) mass is 238 g/mol. The summed E-state index contributed by atoms with van der Waals surface area (Å²) in [4.78, 5) is 14.1. The van der Waals surface area contributed by atoms with Crippen molar-refractivity contribution in [2.45, 2.75) is 57.9 Å². The molecule has 1 saturated carbocycles. The van der Waals surface area contributed by atoms with Crippen molar-refractivity contribution in [3.8, 4) is 0 Å². The van der Waals surface area contributed by atoms with E-state index < -0.39 is 0 Å². The lowest BCUT2D eigenvalue weighted by atomic mass is 9.87. The molecule has 1 aliphatic heterocycles. The summed E-state index contributed by atoms with van der Waals surface area (Å²) in [6, 6.07) is 0.103. The molecule has 1 amide bonds. The normalized spacial score (nSPS) is 26.8. The van der Waals surface area contributed by atoms with Crippen molar-refractivity contribution in [2.24, 2.45) is 5.92 Å². The van der Waals surface area contributed by atoms with E-state index in [0.717, 1.165) is 32.0 Å². The highest BCUT2D eigenvalue weighted by molar-refractivity contribution is 5.83. The average molecular weight is 238 g/mol. The number of amides is 1. The summed E-state index contributed by atoms with van der Waals surface area (Å²) in [5.74, 6) is 1.22. The molecule has 0 radical (unpaired) electrons. The van der Waals surface area contributed by atoms with E-state index in [1.54, 1.807) is 0 Å². The minimum Gasteiger partial charge on any atom is -0.341 e. The van der Waals surface area contributed by atoms with Gasteiger partial charge in [-0.25, -0.2) is 0 Å². The van der Waals surface area contributed by atoms with Crippen LogP contribution in [0.1, 0.15) is 51.9 Å². The van der Waals surface area contributed by atoms with Crippen molar-refractivity contribution in [2.75, 3.05) is 19.6 Å². The molecule has 2 fully saturated rings. The fourth-order valence-corrected chi connectivity index (χ4v) is 3.21. The molecule has 3 heteroatoms. The Labute approximate surface area is 105 Å². The minimum absolute atomic E-state index is 0.103. The van der Waals surface area contributed by atoms with E-state index in [9.17, 15) is 4.79 Å². The zero-order valence-corrected chi connectivity index (χ0v) is 11.1. The number of rotatable bonds is 5. The average Bonchev–Trinajstić information content (AvgIpc) is 2.70. The second kappa shape index (κ2) is 6.39. The van der Waals surface area contributed by atoms with Gasteiger partial charge in [0.05, 0.1) is 6.04 Å². The van der Waals surface area contributed by atoms with Crippen LogP contribution in [-0.2, 0) is 4.79 Å². The zero-order valence-electron chi connectivity index (χ0n) is 11.1. The third-order valence-electron chi connectivity index (χ3n) is 4.28. The highest BCUT2D eigenvalue weighted by atomic mass is 16.2. The van der Waals surface area contributed by atoms with Gasteiger partial charge in [0, 0.05) is 13.1 Å². The molecule has 3 nitrogen and oxygen atoms in total. The Kier molecular flexibility index (Phi) is 4.84. The quantitative estimate of drug-likeness (QED) is 0.796. The Morgan fingerprint density at radius 1 is 1.24 bits per heavy atom. The first-order chi connectivity index (χ1) is 8.31. The molecule has 2 aliphatic rings. The van der Waals surface area contributed by atoms with E-state index in [0.29, 0.717) is 5.91 Å². The third kappa shape index (κ3) is 3.44. The number of likely N-dealkylation sites (tertiary alicyclic amines) is 1. The van der Waals surface area contributed by atoms with Crippen LogP contribution in [0.5, 0.6) is 0 Å². The summed E-state index contributed by atoms with van der Waals surface area (Å²) in [5.41, 5.74) is 0. The molecular formula is C14H26N2O. The van der Waals surface area contributed by atoms with Gasteiger partial charge in [0.25, 0.3) is 0 Å². The van der Waals surface area contributed by atoms with E-state index in [-0.39, 0.29) is 6.04 Å². The maximum atomic E-state index is 12.0. The molecule has 1 atom stereocenters. The molecule has 0 aromatic rings. The summed E-state index contributed by atoms with van der Waals surface area (Å²) < 4.78 is 0. The van der Waals surface area contributed by atoms with Crippen LogP contribution in [0.2, 0.25) is 0 Å². The Hall–Kier alpha value is -0.570. The van der Waals surface area contributed by atoms with Gasteiger partial charge in [-0.2, -0.15) is 0 Å². The maximum Gasteiger partial charge on any atom is 0.239 e. The predicted molar refractivity (Wildman–Crippen MR) is 69.9 cm³/mol. The van der Waals surface area contributed by atoms with Gasteiger partial charge in [0.1, 0.15) is 0 Å². The number of carbonyl (C=O) groups excluding carboxylic acids is 1. The van der Waals surface area contributed by atoms with E-state index in [1.165, 1.54) is 38.5 Å². The van der Waals surface area contributed by atoms with E-state index in [1.807, 2.05) is 0 Å². The van der Waals surface area contributed by atoms with Gasteiger partial charge in [0.15, 0.2) is 0 Å². The largest absolute Gasteiger partial charge is 0.341 e. The number of nitrogens with zero attached hydrogens (tertiary/aromatic N) is 1. The van der Waals surface area contributed by atoms with Crippen LogP contribution in [0.25, 0.3) is 0 Å². The Morgan fingerprint density at radius 3 is 2.71 bits per heavy atom. The highest BCUT2D eigenvalue weighted by Crippen LogP contribution is 2.27. The second-order valence-corrected chi connectivity index (χ2v) is 5.52. The summed E-state index contributed by atoms with van der Waals surface area (Å²) in [7, 11) is 0. The summed E-state index contributed by atoms with van der Waals surface area (Å²) in [5, 5.41) is 3.27. The van der Waals surface area contributed by atoms with Crippen LogP contribution < -0.4 is 5.32 Å². The van der Waals surface area contributed by atoms with Gasteiger partial charge in [-0.05, 0) is 25.3 Å². The lowest BCUT2D eigenvalue weighted by Gasteiger charge is -2.24. The van der Waals surface area contributed by atoms with Crippen LogP contribution in [-0.4, -0.2) is 36.5 Å². The first-order valence-electron chi connectivity index (χ1n) is 7.33. The Bertz CT molecular complexity index is 249. The number of hydrogen-bond acceptors (Lipinski definition) is 2. The lowest BCUT2D eigenvalue weighted by molar-refractivity contribution is -0.129. The number of nitrogens with one attached hydrogen (secondary N) is 1. The zero-order chi connectivity index (χ0) is 12.1. The van der Waals surface area contributed by atoms with Crippen molar-refractivity contribution in [1.82, 2.24) is 10.2 Å². The summed E-state index contributed by atoms with van der Waals surface area (Å²) in [6.45, 7) is 4.92.